The standard InChI is InChI=1S/C20H22ClN3O4/c1-3-13-6-4-5-7-17(13)23-18(25)11-24(2)19(26)12-28-20(27)14-8-9-15(21)16(22)10-14/h4-10H,3,11-12,22H2,1-2H3,(H,23,25). The van der Waals surface area contributed by atoms with E-state index in [-0.39, 0.29) is 23.7 Å². The summed E-state index contributed by atoms with van der Waals surface area (Å²) in [6.45, 7) is 1.34. The molecule has 0 heterocycles. The third-order valence-corrected chi connectivity index (χ3v) is 4.38. The number of anilines is 2. The molecule has 0 aliphatic carbocycles. The predicted molar refractivity (Wildman–Crippen MR) is 108 cm³/mol. The molecule has 0 aliphatic heterocycles. The van der Waals surface area contributed by atoms with Crippen LogP contribution >= 0.6 is 11.6 Å². The molecule has 28 heavy (non-hydrogen) atoms. The fourth-order valence-corrected chi connectivity index (χ4v) is 2.55. The van der Waals surface area contributed by atoms with Gasteiger partial charge in [0.05, 0.1) is 22.8 Å². The maximum atomic E-state index is 12.2. The van der Waals surface area contributed by atoms with E-state index in [1.165, 1.54) is 30.1 Å². The first kappa shape index (κ1) is 21.2. The number of halogens is 1. The summed E-state index contributed by atoms with van der Waals surface area (Å²) in [7, 11) is 1.46. The molecule has 0 fully saturated rings. The van der Waals surface area contributed by atoms with Gasteiger partial charge >= 0.3 is 5.97 Å². The number of ether oxygens (including phenoxy) is 1. The number of amides is 2. The molecule has 0 saturated heterocycles. The summed E-state index contributed by atoms with van der Waals surface area (Å²) in [6.07, 6.45) is 0.774. The lowest BCUT2D eigenvalue weighted by Crippen LogP contribution is -2.37. The summed E-state index contributed by atoms with van der Waals surface area (Å²) in [5.74, 6) is -1.55. The number of carbonyl (C=O) groups is 3. The second kappa shape index (κ2) is 9.75. The highest BCUT2D eigenvalue weighted by Crippen LogP contribution is 2.20. The van der Waals surface area contributed by atoms with Crippen molar-refractivity contribution in [3.05, 3.63) is 58.6 Å². The summed E-state index contributed by atoms with van der Waals surface area (Å²) in [6, 6.07) is 11.7. The number of hydrogen-bond donors (Lipinski definition) is 2. The van der Waals surface area contributed by atoms with Gasteiger partial charge < -0.3 is 20.7 Å². The molecular formula is C20H22ClN3O4. The van der Waals surface area contributed by atoms with Crippen LogP contribution in [0.25, 0.3) is 0 Å². The topological polar surface area (TPSA) is 102 Å². The van der Waals surface area contributed by atoms with Crippen molar-refractivity contribution in [1.29, 1.82) is 0 Å². The van der Waals surface area contributed by atoms with Gasteiger partial charge in [-0.1, -0.05) is 36.7 Å². The first-order valence-corrected chi connectivity index (χ1v) is 9.03. The van der Waals surface area contributed by atoms with Gasteiger partial charge in [0, 0.05) is 12.7 Å². The highest BCUT2D eigenvalue weighted by atomic mass is 35.5. The van der Waals surface area contributed by atoms with Crippen molar-refractivity contribution in [3.63, 3.8) is 0 Å². The average molecular weight is 404 g/mol. The van der Waals surface area contributed by atoms with Gasteiger partial charge in [0.1, 0.15) is 0 Å². The van der Waals surface area contributed by atoms with Crippen molar-refractivity contribution in [3.8, 4) is 0 Å². The van der Waals surface area contributed by atoms with E-state index in [9.17, 15) is 14.4 Å². The van der Waals surface area contributed by atoms with E-state index in [0.717, 1.165) is 12.0 Å². The number of esters is 1. The first-order chi connectivity index (χ1) is 13.3. The number of nitrogens with one attached hydrogen (secondary N) is 1. The molecular weight excluding hydrogens is 382 g/mol. The molecule has 0 saturated carbocycles. The number of likely N-dealkylation sites (N-methyl/N-ethyl adjacent to an activating group) is 1. The minimum absolute atomic E-state index is 0.164. The van der Waals surface area contributed by atoms with Crippen LogP contribution in [-0.2, 0) is 20.7 Å². The van der Waals surface area contributed by atoms with Crippen molar-refractivity contribution < 1.29 is 19.1 Å². The van der Waals surface area contributed by atoms with E-state index >= 15 is 0 Å². The van der Waals surface area contributed by atoms with Crippen LogP contribution in [0.15, 0.2) is 42.5 Å². The van der Waals surface area contributed by atoms with Gasteiger partial charge in [-0.2, -0.15) is 0 Å². The number of nitrogen functional groups attached to an aromatic ring is 1. The van der Waals surface area contributed by atoms with Crippen molar-refractivity contribution in [1.82, 2.24) is 4.90 Å². The Hall–Kier alpha value is -3.06. The lowest BCUT2D eigenvalue weighted by atomic mass is 10.1. The van der Waals surface area contributed by atoms with E-state index in [0.29, 0.717) is 10.7 Å². The van der Waals surface area contributed by atoms with Crippen LogP contribution in [0, 0.1) is 0 Å². The lowest BCUT2D eigenvalue weighted by Gasteiger charge is -2.17. The molecule has 0 spiro atoms. The van der Waals surface area contributed by atoms with E-state index < -0.39 is 18.5 Å². The lowest BCUT2D eigenvalue weighted by molar-refractivity contribution is -0.136. The Morgan fingerprint density at radius 3 is 2.57 bits per heavy atom. The molecule has 0 bridgehead atoms. The van der Waals surface area contributed by atoms with Crippen molar-refractivity contribution in [2.75, 3.05) is 31.2 Å². The van der Waals surface area contributed by atoms with E-state index in [4.69, 9.17) is 22.1 Å². The molecule has 0 aliphatic rings. The molecule has 148 valence electrons. The molecule has 0 atom stereocenters. The second-order valence-corrected chi connectivity index (χ2v) is 6.53. The first-order valence-electron chi connectivity index (χ1n) is 8.65. The maximum Gasteiger partial charge on any atom is 0.338 e. The maximum absolute atomic E-state index is 12.2. The minimum atomic E-state index is -0.702. The quantitative estimate of drug-likeness (QED) is 0.546. The van der Waals surface area contributed by atoms with Crippen molar-refractivity contribution in [2.45, 2.75) is 13.3 Å². The normalized spacial score (nSPS) is 10.2. The average Bonchev–Trinajstić information content (AvgIpc) is 2.68. The highest BCUT2D eigenvalue weighted by molar-refractivity contribution is 6.33. The minimum Gasteiger partial charge on any atom is -0.452 e. The Bertz CT molecular complexity index is 886. The number of carbonyl (C=O) groups excluding carboxylic acids is 3. The number of nitrogens with zero attached hydrogens (tertiary/aromatic N) is 1. The van der Waals surface area contributed by atoms with Crippen molar-refractivity contribution in [2.24, 2.45) is 0 Å². The van der Waals surface area contributed by atoms with Gasteiger partial charge in [-0.05, 0) is 36.2 Å². The molecule has 0 radical (unpaired) electrons. The summed E-state index contributed by atoms with van der Waals surface area (Å²) in [5.41, 5.74) is 7.78. The zero-order chi connectivity index (χ0) is 20.7. The molecule has 2 rings (SSSR count). The smallest absolute Gasteiger partial charge is 0.338 e. The number of rotatable bonds is 7. The SMILES string of the molecule is CCc1ccccc1NC(=O)CN(C)C(=O)COC(=O)c1ccc(Cl)c(N)c1. The Morgan fingerprint density at radius 2 is 1.89 bits per heavy atom. The van der Waals surface area contributed by atoms with Crippen LogP contribution < -0.4 is 11.1 Å². The monoisotopic (exact) mass is 403 g/mol. The fourth-order valence-electron chi connectivity index (χ4n) is 2.44. The summed E-state index contributed by atoms with van der Waals surface area (Å²) < 4.78 is 4.98. The Kier molecular flexibility index (Phi) is 7.40. The van der Waals surface area contributed by atoms with Gasteiger partial charge in [-0.15, -0.1) is 0 Å². The predicted octanol–water partition coefficient (Wildman–Crippen LogP) is 2.74. The van der Waals surface area contributed by atoms with Crippen LogP contribution in [0.5, 0.6) is 0 Å². The Balaban J connectivity index is 1.85. The summed E-state index contributed by atoms with van der Waals surface area (Å²) in [5, 5.41) is 3.10. The third-order valence-electron chi connectivity index (χ3n) is 4.04. The molecule has 2 amide bonds. The van der Waals surface area contributed by atoms with Crippen LogP contribution in [0.1, 0.15) is 22.8 Å². The van der Waals surface area contributed by atoms with Gasteiger partial charge in [-0.3, -0.25) is 9.59 Å². The van der Waals surface area contributed by atoms with E-state index in [2.05, 4.69) is 5.32 Å². The second-order valence-electron chi connectivity index (χ2n) is 6.12. The van der Waals surface area contributed by atoms with Crippen LogP contribution in [0.3, 0.4) is 0 Å². The molecule has 0 aromatic heterocycles. The van der Waals surface area contributed by atoms with Gasteiger partial charge in [0.15, 0.2) is 6.61 Å². The third kappa shape index (κ3) is 5.72. The van der Waals surface area contributed by atoms with Crippen LogP contribution in [0.4, 0.5) is 11.4 Å². The van der Waals surface area contributed by atoms with E-state index in [1.54, 1.807) is 6.07 Å². The molecule has 8 heteroatoms. The summed E-state index contributed by atoms with van der Waals surface area (Å²) in [4.78, 5) is 37.5. The van der Waals surface area contributed by atoms with Crippen LogP contribution in [-0.4, -0.2) is 42.9 Å². The molecule has 0 unspecified atom stereocenters. The zero-order valence-corrected chi connectivity index (χ0v) is 16.5. The van der Waals surface area contributed by atoms with Gasteiger partial charge in [0.2, 0.25) is 5.91 Å². The summed E-state index contributed by atoms with van der Waals surface area (Å²) >= 11 is 5.80. The van der Waals surface area contributed by atoms with Crippen LogP contribution in [0.2, 0.25) is 5.02 Å². The number of aryl methyl sites for hydroxylation is 1. The molecule has 3 N–H and O–H groups in total. The van der Waals surface area contributed by atoms with E-state index in [1.807, 2.05) is 25.1 Å². The number of benzene rings is 2. The molecule has 2 aromatic carbocycles. The molecule has 2 aromatic rings. The number of para-hydroxylation sites is 1. The highest BCUT2D eigenvalue weighted by Gasteiger charge is 2.17. The number of nitrogens with two attached hydrogens (primary N) is 1. The zero-order valence-electron chi connectivity index (χ0n) is 15.7. The largest absolute Gasteiger partial charge is 0.452 e. The Morgan fingerprint density at radius 1 is 1.18 bits per heavy atom. The van der Waals surface area contributed by atoms with Gasteiger partial charge in [-0.25, -0.2) is 4.79 Å². The van der Waals surface area contributed by atoms with Crippen molar-refractivity contribution >= 4 is 40.8 Å². The fraction of sp³-hybridized carbons (Fsp3) is 0.250. The number of hydrogen-bond acceptors (Lipinski definition) is 5. The Labute approximate surface area is 168 Å². The molecule has 7 nitrogen and oxygen atoms in total. The van der Waals surface area contributed by atoms with Gasteiger partial charge in [0.25, 0.3) is 5.91 Å².